The van der Waals surface area contributed by atoms with Crippen molar-refractivity contribution >= 4 is 11.8 Å². The molecule has 2 aromatic carbocycles. The Morgan fingerprint density at radius 1 is 0.688 bits per heavy atom. The van der Waals surface area contributed by atoms with Crippen LogP contribution in [-0.2, 0) is 0 Å². The van der Waals surface area contributed by atoms with Crippen molar-refractivity contribution in [2.75, 3.05) is 5.32 Å². The van der Waals surface area contributed by atoms with Crippen LogP contribution in [0.1, 0.15) is 11.1 Å². The molecule has 0 unspecified atom stereocenters. The summed E-state index contributed by atoms with van der Waals surface area (Å²) in [6.07, 6.45) is 4.27. The van der Waals surface area contributed by atoms with Gasteiger partial charge in [0.25, 0.3) is 0 Å². The Kier molecular flexibility index (Phi) is 2.22. The molecule has 1 heteroatoms. The summed E-state index contributed by atoms with van der Waals surface area (Å²) in [6.45, 7) is 0. The monoisotopic (exact) mass is 206 g/mol. The molecule has 0 atom stereocenters. The number of fused-ring (bicyclic) bond motifs is 1. The molecule has 1 radical (unpaired) electrons. The lowest BCUT2D eigenvalue weighted by atomic mass is 10.0. The van der Waals surface area contributed by atoms with E-state index >= 15 is 0 Å². The van der Waals surface area contributed by atoms with E-state index in [0.29, 0.717) is 0 Å². The highest BCUT2D eigenvalue weighted by Gasteiger charge is 2.13. The number of hydrogen-bond donors (Lipinski definition) is 1. The fourth-order valence-corrected chi connectivity index (χ4v) is 1.90. The average molecular weight is 206 g/mol. The van der Waals surface area contributed by atoms with Gasteiger partial charge in [-0.15, -0.1) is 0 Å². The van der Waals surface area contributed by atoms with Gasteiger partial charge in [0.1, 0.15) is 6.04 Å². The molecule has 1 N–H and O–H groups in total. The number of anilines is 1. The van der Waals surface area contributed by atoms with E-state index < -0.39 is 0 Å². The van der Waals surface area contributed by atoms with E-state index in [1.807, 2.05) is 12.1 Å². The van der Waals surface area contributed by atoms with Gasteiger partial charge in [-0.25, -0.2) is 0 Å². The minimum atomic E-state index is 1.15. The molecular weight excluding hydrogens is 194 g/mol. The highest BCUT2D eigenvalue weighted by molar-refractivity contribution is 5.75. The SMILES string of the molecule is C1=Cc2ccccc2N[C]1c1ccccc1. The molecule has 0 bridgehead atoms. The van der Waals surface area contributed by atoms with Gasteiger partial charge in [0.05, 0.1) is 0 Å². The minimum Gasteiger partial charge on any atom is -0.369 e. The van der Waals surface area contributed by atoms with E-state index in [9.17, 15) is 0 Å². The first kappa shape index (κ1) is 9.22. The van der Waals surface area contributed by atoms with E-state index in [1.165, 1.54) is 16.8 Å². The van der Waals surface area contributed by atoms with Crippen LogP contribution in [-0.4, -0.2) is 0 Å². The van der Waals surface area contributed by atoms with Gasteiger partial charge < -0.3 is 5.32 Å². The quantitative estimate of drug-likeness (QED) is 0.750. The summed E-state index contributed by atoms with van der Waals surface area (Å²) >= 11 is 0. The first-order valence-electron chi connectivity index (χ1n) is 5.40. The molecule has 1 nitrogen and oxygen atoms in total. The molecule has 0 saturated carbocycles. The highest BCUT2D eigenvalue weighted by atomic mass is 14.9. The largest absolute Gasteiger partial charge is 0.369 e. The standard InChI is InChI=1S/C15H12N/c1-2-6-12(7-3-1)15-11-10-13-8-4-5-9-14(13)16-15/h1-11,16H. The minimum absolute atomic E-state index is 1.15. The van der Waals surface area contributed by atoms with Crippen molar-refractivity contribution < 1.29 is 0 Å². The van der Waals surface area contributed by atoms with Gasteiger partial charge >= 0.3 is 0 Å². The lowest BCUT2D eigenvalue weighted by Gasteiger charge is -2.21. The van der Waals surface area contributed by atoms with E-state index in [2.05, 4.69) is 59.9 Å². The Balaban J connectivity index is 1.95. The van der Waals surface area contributed by atoms with Crippen LogP contribution in [0.4, 0.5) is 5.69 Å². The van der Waals surface area contributed by atoms with E-state index in [4.69, 9.17) is 0 Å². The van der Waals surface area contributed by atoms with Gasteiger partial charge in [0.15, 0.2) is 0 Å². The van der Waals surface area contributed by atoms with Crippen molar-refractivity contribution in [3.63, 3.8) is 0 Å². The number of rotatable bonds is 1. The smallest absolute Gasteiger partial charge is 0.113 e. The van der Waals surface area contributed by atoms with Crippen LogP contribution in [0.3, 0.4) is 0 Å². The fraction of sp³-hybridized carbons (Fsp3) is 0. The third-order valence-corrected chi connectivity index (χ3v) is 2.74. The molecule has 0 spiro atoms. The van der Waals surface area contributed by atoms with Crippen molar-refractivity contribution in [3.8, 4) is 0 Å². The van der Waals surface area contributed by atoms with E-state index in [-0.39, 0.29) is 0 Å². The van der Waals surface area contributed by atoms with Gasteiger partial charge in [-0.1, -0.05) is 60.7 Å². The predicted octanol–water partition coefficient (Wildman–Crippen LogP) is 3.71. The van der Waals surface area contributed by atoms with Crippen LogP contribution in [0.2, 0.25) is 0 Å². The molecule has 0 amide bonds. The highest BCUT2D eigenvalue weighted by Crippen LogP contribution is 2.28. The van der Waals surface area contributed by atoms with Gasteiger partial charge in [-0.3, -0.25) is 0 Å². The maximum absolute atomic E-state index is 3.44. The lowest BCUT2D eigenvalue weighted by molar-refractivity contribution is 1.24. The molecule has 1 heterocycles. The summed E-state index contributed by atoms with van der Waals surface area (Å²) in [5.74, 6) is 0. The van der Waals surface area contributed by atoms with Gasteiger partial charge in [-0.2, -0.15) is 0 Å². The summed E-state index contributed by atoms with van der Waals surface area (Å²) in [6, 6.07) is 19.8. The maximum atomic E-state index is 3.44. The molecule has 2 aromatic rings. The summed E-state index contributed by atoms with van der Waals surface area (Å²) in [5, 5.41) is 3.44. The van der Waals surface area contributed by atoms with Crippen LogP contribution in [0.5, 0.6) is 0 Å². The summed E-state index contributed by atoms with van der Waals surface area (Å²) < 4.78 is 0. The zero-order valence-corrected chi connectivity index (χ0v) is 8.85. The molecule has 0 aliphatic carbocycles. The molecule has 0 aromatic heterocycles. The molecule has 16 heavy (non-hydrogen) atoms. The van der Waals surface area contributed by atoms with Gasteiger partial charge in [0.2, 0.25) is 0 Å². The number of benzene rings is 2. The third kappa shape index (κ3) is 1.61. The Morgan fingerprint density at radius 2 is 1.44 bits per heavy atom. The molecule has 0 saturated heterocycles. The first-order valence-corrected chi connectivity index (χ1v) is 5.40. The van der Waals surface area contributed by atoms with Crippen molar-refractivity contribution in [1.82, 2.24) is 0 Å². The van der Waals surface area contributed by atoms with Crippen molar-refractivity contribution in [2.45, 2.75) is 0 Å². The van der Waals surface area contributed by atoms with Crippen LogP contribution in [0.15, 0.2) is 60.7 Å². The molecule has 1 aliphatic heterocycles. The number of nitrogens with one attached hydrogen (secondary N) is 1. The van der Waals surface area contributed by atoms with Gasteiger partial charge in [0, 0.05) is 5.69 Å². The topological polar surface area (TPSA) is 12.0 Å². The van der Waals surface area contributed by atoms with Crippen molar-refractivity contribution in [3.05, 3.63) is 77.8 Å². The lowest BCUT2D eigenvalue weighted by Crippen LogP contribution is -2.12. The van der Waals surface area contributed by atoms with Crippen LogP contribution >= 0.6 is 0 Å². The van der Waals surface area contributed by atoms with Crippen LogP contribution in [0, 0.1) is 6.04 Å². The second-order valence-electron chi connectivity index (χ2n) is 3.83. The van der Waals surface area contributed by atoms with Crippen LogP contribution in [0.25, 0.3) is 6.08 Å². The first-order chi connectivity index (χ1) is 7.93. The number of para-hydroxylation sites is 1. The molecule has 1 aliphatic rings. The van der Waals surface area contributed by atoms with Crippen LogP contribution < -0.4 is 5.32 Å². The summed E-state index contributed by atoms with van der Waals surface area (Å²) in [5.41, 5.74) is 3.62. The van der Waals surface area contributed by atoms with E-state index in [1.54, 1.807) is 0 Å². The van der Waals surface area contributed by atoms with Crippen molar-refractivity contribution in [1.29, 1.82) is 0 Å². The zero-order valence-electron chi connectivity index (χ0n) is 8.85. The van der Waals surface area contributed by atoms with Gasteiger partial charge in [-0.05, 0) is 17.2 Å². The summed E-state index contributed by atoms with van der Waals surface area (Å²) in [7, 11) is 0. The summed E-state index contributed by atoms with van der Waals surface area (Å²) in [4.78, 5) is 0. The predicted molar refractivity (Wildman–Crippen MR) is 67.9 cm³/mol. The second kappa shape index (κ2) is 3.86. The fourth-order valence-electron chi connectivity index (χ4n) is 1.90. The normalized spacial score (nSPS) is 14.2. The Morgan fingerprint density at radius 3 is 2.31 bits per heavy atom. The molecule has 3 rings (SSSR count). The van der Waals surface area contributed by atoms with E-state index in [0.717, 1.165) is 6.04 Å². The van der Waals surface area contributed by atoms with Crippen molar-refractivity contribution in [2.24, 2.45) is 0 Å². The maximum Gasteiger partial charge on any atom is 0.113 e. The average Bonchev–Trinajstić information content (AvgIpc) is 2.39. The second-order valence-corrected chi connectivity index (χ2v) is 3.83. The Hall–Kier alpha value is -2.02. The zero-order chi connectivity index (χ0) is 10.8. The third-order valence-electron chi connectivity index (χ3n) is 2.74. The Bertz CT molecular complexity index is 514. The molecular formula is C15H12N. The Labute approximate surface area is 95.4 Å². The number of hydrogen-bond acceptors (Lipinski definition) is 1. The molecule has 0 fully saturated rings. The molecule has 77 valence electrons.